The number of halogens is 1. The molecule has 5 heteroatoms. The lowest BCUT2D eigenvalue weighted by Gasteiger charge is -2.25. The third-order valence-electron chi connectivity index (χ3n) is 2.73. The number of carbonyl (C=O) groups is 1. The van der Waals surface area contributed by atoms with Crippen LogP contribution in [0.1, 0.15) is 12.0 Å². The molecule has 0 saturated carbocycles. The molecule has 1 aromatic carbocycles. The number of aliphatic hydroxyl groups is 1. The van der Waals surface area contributed by atoms with Crippen LogP contribution in [0.15, 0.2) is 24.3 Å². The van der Waals surface area contributed by atoms with Crippen LogP contribution in [0.5, 0.6) is 0 Å². The number of amides is 1. The van der Waals surface area contributed by atoms with Gasteiger partial charge in [0.15, 0.2) is 0 Å². The number of nitrogens with one attached hydrogen (secondary N) is 1. The maximum Gasteiger partial charge on any atom is 0.248 e. The summed E-state index contributed by atoms with van der Waals surface area (Å²) in [5, 5.41) is 13.2. The first kappa shape index (κ1) is 12.7. The summed E-state index contributed by atoms with van der Waals surface area (Å²) in [4.78, 5) is 11.1. The largest absolute Gasteiger partial charge is 0.383 e. The zero-order valence-corrected chi connectivity index (χ0v) is 10.8. The summed E-state index contributed by atoms with van der Waals surface area (Å²) in [6, 6.07) is 7.72. The summed E-state index contributed by atoms with van der Waals surface area (Å²) in [7, 11) is 0. The number of carbonyl (C=O) groups excluding carboxylic acids is 1. The second-order valence-corrected chi connectivity index (χ2v) is 5.72. The molecule has 2 N–H and O–H groups in total. The van der Waals surface area contributed by atoms with Crippen molar-refractivity contribution < 1.29 is 9.90 Å². The normalized spacial score (nSPS) is 24.5. The zero-order valence-electron chi connectivity index (χ0n) is 9.23. The monoisotopic (exact) mass is 271 g/mol. The van der Waals surface area contributed by atoms with Gasteiger partial charge in [-0.2, -0.15) is 11.8 Å². The molecule has 2 rings (SSSR count). The first-order valence-corrected chi connectivity index (χ1v) is 6.90. The SMILES string of the molecule is O=C1NCC(SCc2ccccc2Cl)CC1O. The molecule has 0 spiro atoms. The van der Waals surface area contributed by atoms with E-state index in [1.807, 2.05) is 24.3 Å². The van der Waals surface area contributed by atoms with Gasteiger partial charge in [0, 0.05) is 22.6 Å². The highest BCUT2D eigenvalue weighted by Gasteiger charge is 2.26. The Labute approximate surface area is 110 Å². The molecule has 1 aliphatic rings. The van der Waals surface area contributed by atoms with Crippen molar-refractivity contribution >= 4 is 29.3 Å². The Morgan fingerprint density at radius 2 is 2.24 bits per heavy atom. The first-order valence-electron chi connectivity index (χ1n) is 5.47. The Morgan fingerprint density at radius 3 is 2.94 bits per heavy atom. The third kappa shape index (κ3) is 3.37. The van der Waals surface area contributed by atoms with Crippen LogP contribution in [-0.4, -0.2) is 28.9 Å². The van der Waals surface area contributed by atoms with Gasteiger partial charge in [-0.1, -0.05) is 29.8 Å². The van der Waals surface area contributed by atoms with Crippen molar-refractivity contribution in [3.63, 3.8) is 0 Å². The average Bonchev–Trinajstić information content (AvgIpc) is 2.32. The van der Waals surface area contributed by atoms with Gasteiger partial charge in [-0.25, -0.2) is 0 Å². The predicted octanol–water partition coefficient (Wildman–Crippen LogP) is 1.82. The van der Waals surface area contributed by atoms with Crippen LogP contribution >= 0.6 is 23.4 Å². The van der Waals surface area contributed by atoms with E-state index < -0.39 is 6.10 Å². The topological polar surface area (TPSA) is 49.3 Å². The van der Waals surface area contributed by atoms with Crippen molar-refractivity contribution in [2.75, 3.05) is 6.54 Å². The molecule has 1 heterocycles. The first-order chi connectivity index (χ1) is 8.16. The van der Waals surface area contributed by atoms with Crippen LogP contribution in [0.25, 0.3) is 0 Å². The lowest BCUT2D eigenvalue weighted by Crippen LogP contribution is -2.46. The van der Waals surface area contributed by atoms with Crippen LogP contribution in [0.4, 0.5) is 0 Å². The molecule has 0 aliphatic carbocycles. The Kier molecular flexibility index (Phi) is 4.31. The van der Waals surface area contributed by atoms with Crippen molar-refractivity contribution in [1.29, 1.82) is 0 Å². The Hall–Kier alpha value is -0.710. The van der Waals surface area contributed by atoms with Gasteiger partial charge < -0.3 is 10.4 Å². The summed E-state index contributed by atoms with van der Waals surface area (Å²) < 4.78 is 0. The van der Waals surface area contributed by atoms with Crippen LogP contribution in [0.2, 0.25) is 5.02 Å². The summed E-state index contributed by atoms with van der Waals surface area (Å²) in [5.41, 5.74) is 1.09. The minimum atomic E-state index is -0.868. The van der Waals surface area contributed by atoms with Crippen molar-refractivity contribution in [2.24, 2.45) is 0 Å². The van der Waals surface area contributed by atoms with E-state index in [1.165, 1.54) is 0 Å². The molecule has 0 radical (unpaired) electrons. The Bertz CT molecular complexity index is 413. The fourth-order valence-electron chi connectivity index (χ4n) is 1.72. The van der Waals surface area contributed by atoms with Crippen LogP contribution in [-0.2, 0) is 10.5 Å². The van der Waals surface area contributed by atoms with E-state index in [-0.39, 0.29) is 11.2 Å². The highest BCUT2D eigenvalue weighted by Crippen LogP contribution is 2.26. The van der Waals surface area contributed by atoms with Crippen molar-refractivity contribution in [3.05, 3.63) is 34.9 Å². The molecule has 2 unspecified atom stereocenters. The summed E-state index contributed by atoms with van der Waals surface area (Å²) in [6.45, 7) is 0.616. The predicted molar refractivity (Wildman–Crippen MR) is 70.2 cm³/mol. The van der Waals surface area contributed by atoms with Gasteiger partial charge >= 0.3 is 0 Å². The Balaban J connectivity index is 1.87. The van der Waals surface area contributed by atoms with Gasteiger partial charge in [-0.05, 0) is 18.1 Å². The Morgan fingerprint density at radius 1 is 1.47 bits per heavy atom. The second kappa shape index (κ2) is 5.76. The quantitative estimate of drug-likeness (QED) is 0.882. The van der Waals surface area contributed by atoms with E-state index in [2.05, 4.69) is 5.32 Å². The molecule has 3 nitrogen and oxygen atoms in total. The molecule has 1 fully saturated rings. The molecule has 2 atom stereocenters. The van der Waals surface area contributed by atoms with Gasteiger partial charge in [0.2, 0.25) is 5.91 Å². The van der Waals surface area contributed by atoms with Gasteiger partial charge in [-0.15, -0.1) is 0 Å². The molecule has 92 valence electrons. The van der Waals surface area contributed by atoms with E-state index >= 15 is 0 Å². The van der Waals surface area contributed by atoms with E-state index in [0.717, 1.165) is 16.3 Å². The smallest absolute Gasteiger partial charge is 0.248 e. The number of hydrogen-bond donors (Lipinski definition) is 2. The highest BCUT2D eigenvalue weighted by atomic mass is 35.5. The van der Waals surface area contributed by atoms with Gasteiger partial charge in [0.25, 0.3) is 0 Å². The lowest BCUT2D eigenvalue weighted by molar-refractivity contribution is -0.131. The van der Waals surface area contributed by atoms with Crippen LogP contribution in [0.3, 0.4) is 0 Å². The van der Waals surface area contributed by atoms with E-state index in [4.69, 9.17) is 11.6 Å². The molecule has 1 amide bonds. The lowest BCUT2D eigenvalue weighted by atomic mass is 10.1. The van der Waals surface area contributed by atoms with Crippen molar-refractivity contribution in [3.8, 4) is 0 Å². The number of rotatable bonds is 3. The summed E-state index contributed by atoms with van der Waals surface area (Å²) in [5.74, 6) is 0.534. The minimum Gasteiger partial charge on any atom is -0.383 e. The second-order valence-electron chi connectivity index (χ2n) is 4.02. The van der Waals surface area contributed by atoms with Crippen molar-refractivity contribution in [2.45, 2.75) is 23.5 Å². The van der Waals surface area contributed by atoms with Crippen molar-refractivity contribution in [1.82, 2.24) is 5.32 Å². The maximum atomic E-state index is 11.1. The van der Waals surface area contributed by atoms with E-state index in [1.54, 1.807) is 11.8 Å². The zero-order chi connectivity index (χ0) is 12.3. The van der Waals surface area contributed by atoms with Gasteiger partial charge in [-0.3, -0.25) is 4.79 Å². The molecular weight excluding hydrogens is 258 g/mol. The number of thioether (sulfide) groups is 1. The standard InChI is InChI=1S/C12H14ClNO2S/c13-10-4-2-1-3-8(10)7-17-9-5-11(15)12(16)14-6-9/h1-4,9,11,15H,5-7H2,(H,14,16). The fraction of sp³-hybridized carbons (Fsp3) is 0.417. The van der Waals surface area contributed by atoms with Crippen LogP contribution < -0.4 is 5.32 Å². The number of piperidine rings is 1. The fourth-order valence-corrected chi connectivity index (χ4v) is 3.19. The van der Waals surface area contributed by atoms with Gasteiger partial charge in [0.1, 0.15) is 6.10 Å². The van der Waals surface area contributed by atoms with E-state index in [9.17, 15) is 9.90 Å². The van der Waals surface area contributed by atoms with E-state index in [0.29, 0.717) is 13.0 Å². The van der Waals surface area contributed by atoms with Gasteiger partial charge in [0.05, 0.1) is 0 Å². The number of benzene rings is 1. The molecule has 1 aromatic rings. The number of hydrogen-bond acceptors (Lipinski definition) is 3. The molecule has 1 saturated heterocycles. The minimum absolute atomic E-state index is 0.249. The summed E-state index contributed by atoms with van der Waals surface area (Å²) in [6.07, 6.45) is -0.353. The molecule has 1 aliphatic heterocycles. The molecule has 0 bridgehead atoms. The third-order valence-corrected chi connectivity index (χ3v) is 4.40. The number of aliphatic hydroxyl groups excluding tert-OH is 1. The average molecular weight is 272 g/mol. The van der Waals surface area contributed by atoms with Crippen LogP contribution in [0, 0.1) is 0 Å². The molecule has 17 heavy (non-hydrogen) atoms. The maximum absolute atomic E-state index is 11.1. The highest BCUT2D eigenvalue weighted by molar-refractivity contribution is 7.99. The molecular formula is C12H14ClNO2S. The molecule has 0 aromatic heterocycles. The summed E-state index contributed by atoms with van der Waals surface area (Å²) >= 11 is 7.77.